The first-order valence-electron chi connectivity index (χ1n) is 1.25. The quantitative estimate of drug-likeness (QED) is 0.497. The first-order valence-corrected chi connectivity index (χ1v) is 3.76. The zero-order valence-electron chi connectivity index (χ0n) is 2.96. The van der Waals surface area contributed by atoms with Gasteiger partial charge in [-0.15, -0.1) is 0 Å². The van der Waals surface area contributed by atoms with Crippen LogP contribution in [0.25, 0.3) is 0 Å². The molecule has 0 amide bonds. The molecule has 0 rings (SSSR count). The third-order valence-corrected chi connectivity index (χ3v) is 1.85. The lowest BCUT2D eigenvalue weighted by Gasteiger charge is -1.92. The summed E-state index contributed by atoms with van der Waals surface area (Å²) >= 11 is 0. The SMILES string of the molecule is O=P(O)(O)C[PH]. The molecule has 0 heterocycles. The molecule has 0 fully saturated rings. The van der Waals surface area contributed by atoms with Crippen molar-refractivity contribution in [2.75, 3.05) is 5.90 Å². The Hall–Kier alpha value is 0.580. The first kappa shape index (κ1) is 6.58. The monoisotopic (exact) mass is 127 g/mol. The molecule has 6 heavy (non-hydrogen) atoms. The predicted octanol–water partition coefficient (Wildman–Crippen LogP) is 0.264. The van der Waals surface area contributed by atoms with Gasteiger partial charge in [0, 0.05) is 0 Å². The van der Waals surface area contributed by atoms with E-state index < -0.39 is 7.60 Å². The minimum absolute atomic E-state index is 0.257. The Morgan fingerprint density at radius 1 is 1.67 bits per heavy atom. The smallest absolute Gasteiger partial charge is 0.324 e. The first-order chi connectivity index (χ1) is 2.56. The Morgan fingerprint density at radius 2 is 1.83 bits per heavy atom. The maximum absolute atomic E-state index is 9.65. The van der Waals surface area contributed by atoms with Crippen LogP contribution in [-0.4, -0.2) is 15.7 Å². The minimum atomic E-state index is -3.73. The lowest BCUT2D eigenvalue weighted by molar-refractivity contribution is 0.379. The van der Waals surface area contributed by atoms with Crippen LogP contribution in [0, 0.1) is 0 Å². The summed E-state index contributed by atoms with van der Waals surface area (Å²) < 4.78 is 9.65. The zero-order valence-corrected chi connectivity index (χ0v) is 4.85. The summed E-state index contributed by atoms with van der Waals surface area (Å²) in [6.45, 7) is 0. The molecule has 0 saturated carbocycles. The van der Waals surface area contributed by atoms with E-state index in [0.717, 1.165) is 0 Å². The molecule has 0 atom stereocenters. The lowest BCUT2D eigenvalue weighted by atomic mass is 11.9. The van der Waals surface area contributed by atoms with Gasteiger partial charge in [0.25, 0.3) is 0 Å². The van der Waals surface area contributed by atoms with Crippen molar-refractivity contribution < 1.29 is 14.4 Å². The van der Waals surface area contributed by atoms with E-state index in [1.807, 2.05) is 0 Å². The molecule has 0 aromatic rings. The van der Waals surface area contributed by atoms with Gasteiger partial charge >= 0.3 is 7.60 Å². The van der Waals surface area contributed by atoms with Crippen molar-refractivity contribution in [3.8, 4) is 0 Å². The Bertz CT molecular complexity index is 72.9. The minimum Gasteiger partial charge on any atom is -0.324 e. The van der Waals surface area contributed by atoms with E-state index in [-0.39, 0.29) is 5.90 Å². The second-order valence-corrected chi connectivity index (χ2v) is 3.42. The second-order valence-electron chi connectivity index (χ2n) is 0.823. The topological polar surface area (TPSA) is 57.5 Å². The van der Waals surface area contributed by atoms with E-state index in [2.05, 4.69) is 9.24 Å². The molecule has 0 aliphatic heterocycles. The van der Waals surface area contributed by atoms with E-state index in [1.54, 1.807) is 0 Å². The van der Waals surface area contributed by atoms with Crippen molar-refractivity contribution >= 4 is 16.8 Å². The van der Waals surface area contributed by atoms with Crippen LogP contribution < -0.4 is 0 Å². The second kappa shape index (κ2) is 2.04. The number of hydrogen-bond donors (Lipinski definition) is 2. The molecule has 2 N–H and O–H groups in total. The summed E-state index contributed by atoms with van der Waals surface area (Å²) in [6, 6.07) is 0. The van der Waals surface area contributed by atoms with Crippen LogP contribution in [0.5, 0.6) is 0 Å². The van der Waals surface area contributed by atoms with Gasteiger partial charge in [-0.25, -0.2) is 0 Å². The van der Waals surface area contributed by atoms with Gasteiger partial charge in [-0.3, -0.25) is 4.57 Å². The van der Waals surface area contributed by atoms with Gasteiger partial charge < -0.3 is 9.79 Å². The Kier molecular flexibility index (Phi) is 2.23. The highest BCUT2D eigenvalue weighted by molar-refractivity contribution is 7.59. The van der Waals surface area contributed by atoms with E-state index in [9.17, 15) is 4.57 Å². The molecule has 0 aliphatic rings. The fourth-order valence-corrected chi connectivity index (χ4v) is 0. The highest BCUT2D eigenvalue weighted by atomic mass is 31.2. The van der Waals surface area contributed by atoms with Gasteiger partial charge in [0.05, 0.1) is 5.90 Å². The molecule has 37 valence electrons. The molecule has 0 spiro atoms. The summed E-state index contributed by atoms with van der Waals surface area (Å²) in [4.78, 5) is 15.8. The summed E-state index contributed by atoms with van der Waals surface area (Å²) in [5, 5.41) is 0. The van der Waals surface area contributed by atoms with E-state index in [0.29, 0.717) is 0 Å². The third-order valence-electron chi connectivity index (χ3n) is 0.206. The molecule has 3 nitrogen and oxygen atoms in total. The largest absolute Gasteiger partial charge is 0.329 e. The standard InChI is InChI=1S/CH5O3P2/c2-6(3,4)1-5/h5H,1H2,(H2,2,3,4). The van der Waals surface area contributed by atoms with Crippen molar-refractivity contribution in [3.05, 3.63) is 0 Å². The highest BCUT2D eigenvalue weighted by Gasteiger charge is 2.05. The van der Waals surface area contributed by atoms with Gasteiger partial charge in [-0.2, -0.15) is 0 Å². The molecule has 5 heteroatoms. The fourth-order valence-electron chi connectivity index (χ4n) is 0. The maximum atomic E-state index is 9.65. The van der Waals surface area contributed by atoms with Crippen molar-refractivity contribution in [3.63, 3.8) is 0 Å². The Balaban J connectivity index is 3.48. The summed E-state index contributed by atoms with van der Waals surface area (Å²) in [6.07, 6.45) is 0. The highest BCUT2D eigenvalue weighted by Crippen LogP contribution is 2.35. The molecule has 0 saturated heterocycles. The van der Waals surface area contributed by atoms with Crippen LogP contribution in [0.3, 0.4) is 0 Å². The molecule has 0 unspecified atom stereocenters. The zero-order chi connectivity index (χ0) is 5.21. The van der Waals surface area contributed by atoms with Crippen LogP contribution in [0.4, 0.5) is 0 Å². The van der Waals surface area contributed by atoms with Gasteiger partial charge in [-0.05, 0) is 0 Å². The van der Waals surface area contributed by atoms with Crippen LogP contribution in [0.2, 0.25) is 0 Å². The lowest BCUT2D eigenvalue weighted by Crippen LogP contribution is -1.72. The molecule has 0 bridgehead atoms. The Morgan fingerprint density at radius 3 is 1.83 bits per heavy atom. The number of hydrogen-bond acceptors (Lipinski definition) is 1. The van der Waals surface area contributed by atoms with Gasteiger partial charge in [0.1, 0.15) is 0 Å². The Labute approximate surface area is 38.1 Å². The van der Waals surface area contributed by atoms with Crippen LogP contribution in [0.15, 0.2) is 0 Å². The van der Waals surface area contributed by atoms with Crippen molar-refractivity contribution in [1.29, 1.82) is 0 Å². The molecule has 0 aliphatic carbocycles. The predicted molar refractivity (Wildman–Crippen MR) is 25.2 cm³/mol. The third kappa shape index (κ3) is 4.58. The van der Waals surface area contributed by atoms with E-state index in [4.69, 9.17) is 9.79 Å². The molecule has 0 aromatic carbocycles. The van der Waals surface area contributed by atoms with E-state index in [1.165, 1.54) is 0 Å². The molecular formula is CH5O3P2. The van der Waals surface area contributed by atoms with Crippen molar-refractivity contribution in [1.82, 2.24) is 0 Å². The van der Waals surface area contributed by atoms with Crippen LogP contribution in [-0.2, 0) is 4.57 Å². The normalized spacial score (nSPS) is 11.8. The summed E-state index contributed by atoms with van der Waals surface area (Å²) in [5.41, 5.74) is 0. The average Bonchev–Trinajstić information content (AvgIpc) is 1.35. The molecule has 0 aromatic heterocycles. The van der Waals surface area contributed by atoms with Gasteiger partial charge in [-0.1, -0.05) is 9.24 Å². The van der Waals surface area contributed by atoms with Crippen LogP contribution in [0.1, 0.15) is 0 Å². The number of rotatable bonds is 1. The fraction of sp³-hybridized carbons (Fsp3) is 1.00. The summed E-state index contributed by atoms with van der Waals surface area (Å²) in [5.74, 6) is -0.257. The van der Waals surface area contributed by atoms with Crippen molar-refractivity contribution in [2.24, 2.45) is 0 Å². The maximum Gasteiger partial charge on any atom is 0.329 e. The average molecular weight is 127 g/mol. The molecular weight excluding hydrogens is 122 g/mol. The van der Waals surface area contributed by atoms with Crippen LogP contribution >= 0.6 is 16.8 Å². The van der Waals surface area contributed by atoms with Crippen molar-refractivity contribution in [2.45, 2.75) is 0 Å². The van der Waals surface area contributed by atoms with Gasteiger partial charge in [0.15, 0.2) is 0 Å². The molecule has 1 radical (unpaired) electrons. The van der Waals surface area contributed by atoms with Gasteiger partial charge in [0.2, 0.25) is 0 Å². The summed E-state index contributed by atoms with van der Waals surface area (Å²) in [7, 11) is -1.08. The van der Waals surface area contributed by atoms with E-state index >= 15 is 0 Å².